The van der Waals surface area contributed by atoms with Crippen molar-refractivity contribution in [3.8, 4) is 11.9 Å². The lowest BCUT2D eigenvalue weighted by Crippen LogP contribution is -2.35. The van der Waals surface area contributed by atoms with Gasteiger partial charge in [0.2, 0.25) is 0 Å². The average Bonchev–Trinajstić information content (AvgIpc) is 2.96. The molecule has 0 aliphatic carbocycles. The molecule has 128 valence electrons. The Bertz CT molecular complexity index is 1120. The number of nitriles is 1. The van der Waals surface area contributed by atoms with E-state index in [4.69, 9.17) is 0 Å². The van der Waals surface area contributed by atoms with Crippen molar-refractivity contribution in [2.75, 3.05) is 0 Å². The summed E-state index contributed by atoms with van der Waals surface area (Å²) in [6, 6.07) is 7.86. The normalized spacial score (nSPS) is 11.2. The van der Waals surface area contributed by atoms with Gasteiger partial charge in [-0.25, -0.2) is 4.79 Å². The third-order valence-electron chi connectivity index (χ3n) is 4.40. The van der Waals surface area contributed by atoms with E-state index in [1.54, 1.807) is 4.57 Å². The second-order valence-corrected chi connectivity index (χ2v) is 6.44. The molecule has 0 saturated heterocycles. The fraction of sp³-hybridized carbons (Fsp3) is 0.316. The lowest BCUT2D eigenvalue weighted by atomic mass is 10.0. The van der Waals surface area contributed by atoms with Crippen LogP contribution in [0.3, 0.4) is 0 Å². The maximum Gasteiger partial charge on any atom is 0.329 e. The van der Waals surface area contributed by atoms with Crippen molar-refractivity contribution >= 4 is 10.9 Å². The molecular weight excluding hydrogens is 316 g/mol. The number of aryl methyl sites for hydroxylation is 1. The molecule has 6 nitrogen and oxygen atoms in total. The predicted molar refractivity (Wildman–Crippen MR) is 97.4 cm³/mol. The van der Waals surface area contributed by atoms with Crippen LogP contribution in [0.4, 0.5) is 0 Å². The molecule has 3 aromatic rings. The maximum absolute atomic E-state index is 12.5. The predicted octanol–water partition coefficient (Wildman–Crippen LogP) is 2.80. The van der Waals surface area contributed by atoms with Gasteiger partial charge in [-0.15, -0.1) is 0 Å². The minimum Gasteiger partial charge on any atom is -0.302 e. The molecule has 6 heteroatoms. The molecule has 25 heavy (non-hydrogen) atoms. The quantitative estimate of drug-likeness (QED) is 0.798. The SMILES string of the molecule is CCn1c(-n2ccc3c(C#N)cc(C)cc32)c(C(C)C)c(=O)[nH]c1=O. The summed E-state index contributed by atoms with van der Waals surface area (Å²) in [7, 11) is 0. The molecule has 0 saturated carbocycles. The van der Waals surface area contributed by atoms with Gasteiger partial charge in [0.15, 0.2) is 0 Å². The Balaban J connectivity index is 2.52. The van der Waals surface area contributed by atoms with Crippen molar-refractivity contribution in [2.45, 2.75) is 40.2 Å². The zero-order valence-corrected chi connectivity index (χ0v) is 14.8. The van der Waals surface area contributed by atoms with Crippen LogP contribution < -0.4 is 11.2 Å². The maximum atomic E-state index is 12.5. The number of fused-ring (bicyclic) bond motifs is 1. The molecule has 0 fully saturated rings. The van der Waals surface area contributed by atoms with Gasteiger partial charge in [0.1, 0.15) is 5.82 Å². The average molecular weight is 336 g/mol. The summed E-state index contributed by atoms with van der Waals surface area (Å²) >= 11 is 0. The Labute approximate surface area is 145 Å². The van der Waals surface area contributed by atoms with Gasteiger partial charge in [-0.1, -0.05) is 13.8 Å². The summed E-state index contributed by atoms with van der Waals surface area (Å²) in [4.78, 5) is 27.2. The van der Waals surface area contributed by atoms with Crippen LogP contribution in [0.5, 0.6) is 0 Å². The Morgan fingerprint density at radius 2 is 2.00 bits per heavy atom. The molecule has 1 aromatic carbocycles. The van der Waals surface area contributed by atoms with Gasteiger partial charge in [0.05, 0.1) is 22.7 Å². The fourth-order valence-corrected chi connectivity index (χ4v) is 3.31. The number of rotatable bonds is 3. The molecule has 0 spiro atoms. The second-order valence-electron chi connectivity index (χ2n) is 6.44. The Morgan fingerprint density at radius 1 is 1.28 bits per heavy atom. The van der Waals surface area contributed by atoms with Crippen molar-refractivity contribution in [2.24, 2.45) is 0 Å². The van der Waals surface area contributed by atoms with Crippen molar-refractivity contribution in [3.63, 3.8) is 0 Å². The number of nitrogens with one attached hydrogen (secondary N) is 1. The number of benzene rings is 1. The number of H-pyrrole nitrogens is 1. The zero-order valence-electron chi connectivity index (χ0n) is 14.8. The first-order chi connectivity index (χ1) is 11.9. The van der Waals surface area contributed by atoms with Gasteiger partial charge in [-0.05, 0) is 43.5 Å². The highest BCUT2D eigenvalue weighted by molar-refractivity contribution is 5.88. The molecule has 0 amide bonds. The van der Waals surface area contributed by atoms with Gasteiger partial charge >= 0.3 is 5.69 Å². The minimum atomic E-state index is -0.429. The topological polar surface area (TPSA) is 83.6 Å². The van der Waals surface area contributed by atoms with E-state index in [0.29, 0.717) is 23.5 Å². The van der Waals surface area contributed by atoms with E-state index in [9.17, 15) is 14.9 Å². The number of hydrogen-bond acceptors (Lipinski definition) is 3. The minimum absolute atomic E-state index is 0.0603. The molecule has 2 heterocycles. The highest BCUT2D eigenvalue weighted by atomic mass is 16.2. The lowest BCUT2D eigenvalue weighted by Gasteiger charge is -2.19. The largest absolute Gasteiger partial charge is 0.329 e. The van der Waals surface area contributed by atoms with Gasteiger partial charge in [0, 0.05) is 18.1 Å². The van der Waals surface area contributed by atoms with Crippen LogP contribution in [0.25, 0.3) is 16.7 Å². The monoisotopic (exact) mass is 336 g/mol. The van der Waals surface area contributed by atoms with Gasteiger partial charge in [0.25, 0.3) is 5.56 Å². The molecule has 2 aromatic heterocycles. The molecule has 0 aliphatic rings. The molecule has 0 bridgehead atoms. The van der Waals surface area contributed by atoms with Crippen LogP contribution in [0.2, 0.25) is 0 Å². The van der Waals surface area contributed by atoms with Crippen LogP contribution in [0, 0.1) is 18.3 Å². The fourth-order valence-electron chi connectivity index (χ4n) is 3.31. The van der Waals surface area contributed by atoms with Crippen LogP contribution in [-0.2, 0) is 6.54 Å². The van der Waals surface area contributed by atoms with Gasteiger partial charge in [-0.2, -0.15) is 5.26 Å². The third-order valence-corrected chi connectivity index (χ3v) is 4.40. The van der Waals surface area contributed by atoms with Gasteiger partial charge in [-0.3, -0.25) is 14.3 Å². The molecular formula is C19H20N4O2. The molecule has 0 radical (unpaired) electrons. The number of hydrogen-bond donors (Lipinski definition) is 1. The van der Waals surface area contributed by atoms with E-state index >= 15 is 0 Å². The molecule has 0 aliphatic heterocycles. The van der Waals surface area contributed by atoms with Crippen LogP contribution >= 0.6 is 0 Å². The summed E-state index contributed by atoms with van der Waals surface area (Å²) in [5, 5.41) is 10.2. The molecule has 3 rings (SSSR count). The highest BCUT2D eigenvalue weighted by Crippen LogP contribution is 2.27. The summed E-state index contributed by atoms with van der Waals surface area (Å²) in [6.45, 7) is 8.07. The highest BCUT2D eigenvalue weighted by Gasteiger charge is 2.20. The van der Waals surface area contributed by atoms with E-state index in [-0.39, 0.29) is 11.5 Å². The van der Waals surface area contributed by atoms with Gasteiger partial charge < -0.3 is 4.57 Å². The van der Waals surface area contributed by atoms with E-state index in [1.165, 1.54) is 0 Å². The van der Waals surface area contributed by atoms with E-state index in [2.05, 4.69) is 11.1 Å². The Kier molecular flexibility index (Phi) is 4.09. The first-order valence-corrected chi connectivity index (χ1v) is 8.28. The Morgan fingerprint density at radius 3 is 2.60 bits per heavy atom. The summed E-state index contributed by atoms with van der Waals surface area (Å²) in [6.07, 6.45) is 1.82. The van der Waals surface area contributed by atoms with E-state index in [1.807, 2.05) is 56.7 Å². The van der Waals surface area contributed by atoms with Crippen molar-refractivity contribution in [1.29, 1.82) is 5.26 Å². The first kappa shape index (κ1) is 16.8. The van der Waals surface area contributed by atoms with Crippen LogP contribution in [0.1, 0.15) is 43.4 Å². The zero-order chi connectivity index (χ0) is 18.3. The summed E-state index contributed by atoms with van der Waals surface area (Å²) in [5.74, 6) is 0.505. The number of nitrogens with zero attached hydrogens (tertiary/aromatic N) is 3. The standard InChI is InChI=1S/C19H20N4O2/c1-5-22-18(16(11(2)3)17(24)21-19(22)25)23-7-6-14-13(10-20)8-12(4)9-15(14)23/h6-9,11H,5H2,1-4H3,(H,21,24,25). The molecule has 0 atom stereocenters. The second kappa shape index (κ2) is 6.10. The number of aromatic amines is 1. The molecule has 1 N–H and O–H groups in total. The van der Waals surface area contributed by atoms with Crippen LogP contribution in [0.15, 0.2) is 34.0 Å². The van der Waals surface area contributed by atoms with E-state index in [0.717, 1.165) is 16.5 Å². The van der Waals surface area contributed by atoms with Crippen molar-refractivity contribution in [3.05, 3.63) is 61.9 Å². The Hall–Kier alpha value is -3.07. The van der Waals surface area contributed by atoms with E-state index < -0.39 is 5.69 Å². The first-order valence-electron chi connectivity index (χ1n) is 8.28. The van der Waals surface area contributed by atoms with Crippen molar-refractivity contribution in [1.82, 2.24) is 14.1 Å². The van der Waals surface area contributed by atoms with Crippen molar-refractivity contribution < 1.29 is 0 Å². The lowest BCUT2D eigenvalue weighted by molar-refractivity contribution is 0.644. The number of aromatic nitrogens is 3. The summed E-state index contributed by atoms with van der Waals surface area (Å²) in [5.41, 5.74) is 2.10. The third kappa shape index (κ3) is 2.58. The molecule has 0 unspecified atom stereocenters. The summed E-state index contributed by atoms with van der Waals surface area (Å²) < 4.78 is 3.41. The smallest absolute Gasteiger partial charge is 0.302 e. The van der Waals surface area contributed by atoms with Crippen LogP contribution in [-0.4, -0.2) is 14.1 Å².